The molecule has 0 unspecified atom stereocenters. The Labute approximate surface area is 242 Å². The molecule has 0 spiro atoms. The van der Waals surface area contributed by atoms with Crippen LogP contribution < -0.4 is 9.62 Å². The van der Waals surface area contributed by atoms with Crippen LogP contribution in [-0.4, -0.2) is 43.8 Å². The Morgan fingerprint density at radius 2 is 1.55 bits per heavy atom. The molecule has 40 heavy (non-hydrogen) atoms. The molecule has 0 bridgehead atoms. The second kappa shape index (κ2) is 13.3. The quantitative estimate of drug-likeness (QED) is 0.332. The van der Waals surface area contributed by atoms with Crippen molar-refractivity contribution in [3.05, 3.63) is 95.0 Å². The summed E-state index contributed by atoms with van der Waals surface area (Å²) in [5.41, 5.74) is 1.95. The Bertz CT molecular complexity index is 1410. The molecular formula is C31H36ClN3O4S. The molecule has 0 heterocycles. The van der Waals surface area contributed by atoms with Gasteiger partial charge in [-0.05, 0) is 62.6 Å². The van der Waals surface area contributed by atoms with Crippen molar-refractivity contribution in [1.29, 1.82) is 0 Å². The molecule has 0 aromatic heterocycles. The number of benzene rings is 3. The van der Waals surface area contributed by atoms with Crippen LogP contribution in [0.1, 0.15) is 50.2 Å². The van der Waals surface area contributed by atoms with Crippen LogP contribution in [0.2, 0.25) is 5.02 Å². The lowest BCUT2D eigenvalue weighted by Crippen LogP contribution is -2.53. The van der Waals surface area contributed by atoms with E-state index in [2.05, 4.69) is 5.32 Å². The number of halogens is 1. The molecule has 0 aliphatic heterocycles. The van der Waals surface area contributed by atoms with Crippen LogP contribution in [0, 0.1) is 6.92 Å². The standard InChI is InChI=1S/C31H36ClN3O4S/c1-23-17-19-28(20-18-23)40(38,39)35(27-14-7-4-8-15-27)22-30(36)34(21-25-11-9-10-16-29(25)32)24(2)31(37)33-26-12-5-3-6-13-26/h4,7-11,14-20,24,26H,3,5-6,12-13,21-22H2,1-2H3,(H,33,37)/t24-/m0/s1. The molecule has 7 nitrogen and oxygen atoms in total. The number of rotatable bonds is 10. The van der Waals surface area contributed by atoms with Crippen LogP contribution in [0.15, 0.2) is 83.8 Å². The lowest BCUT2D eigenvalue weighted by Gasteiger charge is -2.33. The average molecular weight is 582 g/mol. The molecule has 1 saturated carbocycles. The van der Waals surface area contributed by atoms with Crippen LogP contribution >= 0.6 is 11.6 Å². The number of anilines is 1. The Morgan fingerprint density at radius 1 is 0.925 bits per heavy atom. The van der Waals surface area contributed by atoms with Crippen molar-refractivity contribution in [2.45, 2.75) is 69.5 Å². The normalized spacial score (nSPS) is 14.8. The minimum atomic E-state index is -4.09. The number of carbonyl (C=O) groups is 2. The van der Waals surface area contributed by atoms with Gasteiger partial charge in [-0.3, -0.25) is 13.9 Å². The van der Waals surface area contributed by atoms with Gasteiger partial charge >= 0.3 is 0 Å². The minimum absolute atomic E-state index is 0.0605. The zero-order valence-corrected chi connectivity index (χ0v) is 24.5. The molecule has 1 fully saturated rings. The maximum atomic E-state index is 14.0. The van der Waals surface area contributed by atoms with Crippen LogP contribution in [0.4, 0.5) is 5.69 Å². The fourth-order valence-corrected chi connectivity index (χ4v) is 6.53. The third-order valence-electron chi connectivity index (χ3n) is 7.35. The molecule has 1 N–H and O–H groups in total. The van der Waals surface area contributed by atoms with Crippen LogP contribution in [0.25, 0.3) is 0 Å². The molecule has 9 heteroatoms. The predicted molar refractivity (Wildman–Crippen MR) is 159 cm³/mol. The summed E-state index contributed by atoms with van der Waals surface area (Å²) in [4.78, 5) is 28.9. The molecule has 212 valence electrons. The Balaban J connectivity index is 1.66. The number of sulfonamides is 1. The zero-order chi connectivity index (χ0) is 28.7. The van der Waals surface area contributed by atoms with E-state index in [1.807, 2.05) is 13.0 Å². The van der Waals surface area contributed by atoms with Crippen LogP contribution in [-0.2, 0) is 26.2 Å². The maximum absolute atomic E-state index is 14.0. The molecule has 2 amide bonds. The molecule has 1 aliphatic rings. The Kier molecular flexibility index (Phi) is 9.87. The second-order valence-electron chi connectivity index (χ2n) is 10.3. The van der Waals surface area contributed by atoms with Crippen molar-refractivity contribution < 1.29 is 18.0 Å². The Hall–Kier alpha value is -3.36. The van der Waals surface area contributed by atoms with E-state index in [1.165, 1.54) is 17.0 Å². The summed E-state index contributed by atoms with van der Waals surface area (Å²) in [5.74, 6) is -0.772. The molecule has 4 rings (SSSR count). The molecule has 1 aliphatic carbocycles. The summed E-state index contributed by atoms with van der Waals surface area (Å²) in [7, 11) is -4.09. The first-order valence-electron chi connectivity index (χ1n) is 13.6. The fourth-order valence-electron chi connectivity index (χ4n) is 4.92. The SMILES string of the molecule is Cc1ccc(S(=O)(=O)N(CC(=O)N(Cc2ccccc2Cl)[C@@H](C)C(=O)NC2CCCCC2)c2ccccc2)cc1. The van der Waals surface area contributed by atoms with Crippen molar-refractivity contribution >= 4 is 39.1 Å². The van der Waals surface area contributed by atoms with Gasteiger partial charge in [0, 0.05) is 17.6 Å². The van der Waals surface area contributed by atoms with Crippen molar-refractivity contribution in [3.8, 4) is 0 Å². The molecule has 0 radical (unpaired) electrons. The van der Waals surface area contributed by atoms with Gasteiger partial charge in [-0.1, -0.05) is 85.0 Å². The molecule has 1 atom stereocenters. The first-order valence-corrected chi connectivity index (χ1v) is 15.5. The largest absolute Gasteiger partial charge is 0.352 e. The smallest absolute Gasteiger partial charge is 0.264 e. The van der Waals surface area contributed by atoms with Gasteiger partial charge in [0.25, 0.3) is 10.0 Å². The van der Waals surface area contributed by atoms with Gasteiger partial charge in [0.15, 0.2) is 0 Å². The van der Waals surface area contributed by atoms with E-state index in [-0.39, 0.29) is 23.4 Å². The van der Waals surface area contributed by atoms with Gasteiger partial charge in [-0.15, -0.1) is 0 Å². The monoisotopic (exact) mass is 581 g/mol. The second-order valence-corrected chi connectivity index (χ2v) is 12.6. The van der Waals surface area contributed by atoms with Gasteiger partial charge < -0.3 is 10.2 Å². The number of aryl methyl sites for hydroxylation is 1. The first-order chi connectivity index (χ1) is 19.2. The number of hydrogen-bond donors (Lipinski definition) is 1. The third kappa shape index (κ3) is 7.23. The van der Waals surface area contributed by atoms with E-state index in [9.17, 15) is 18.0 Å². The summed E-state index contributed by atoms with van der Waals surface area (Å²) in [6.45, 7) is 3.13. The minimum Gasteiger partial charge on any atom is -0.352 e. The van der Waals surface area contributed by atoms with Gasteiger partial charge in [0.05, 0.1) is 10.6 Å². The first kappa shape index (κ1) is 29.6. The summed E-state index contributed by atoms with van der Waals surface area (Å²) in [6, 6.07) is 21.4. The molecule has 3 aromatic rings. The number of amides is 2. The van der Waals surface area contributed by atoms with E-state index >= 15 is 0 Å². The number of nitrogens with zero attached hydrogens (tertiary/aromatic N) is 2. The average Bonchev–Trinajstić information content (AvgIpc) is 2.96. The number of hydrogen-bond acceptors (Lipinski definition) is 4. The van der Waals surface area contributed by atoms with Crippen molar-refractivity contribution in [3.63, 3.8) is 0 Å². The summed E-state index contributed by atoms with van der Waals surface area (Å²) < 4.78 is 28.8. The van der Waals surface area contributed by atoms with Gasteiger partial charge in [0.1, 0.15) is 12.6 Å². The summed E-state index contributed by atoms with van der Waals surface area (Å²) in [5, 5.41) is 3.57. The van der Waals surface area contributed by atoms with Crippen LogP contribution in [0.3, 0.4) is 0 Å². The highest BCUT2D eigenvalue weighted by molar-refractivity contribution is 7.92. The molecular weight excluding hydrogens is 546 g/mol. The topological polar surface area (TPSA) is 86.8 Å². The van der Waals surface area contributed by atoms with Crippen molar-refractivity contribution in [2.24, 2.45) is 0 Å². The number of carbonyl (C=O) groups excluding carboxylic acids is 2. The fraction of sp³-hybridized carbons (Fsp3) is 0.355. The Morgan fingerprint density at radius 3 is 2.20 bits per heavy atom. The highest BCUT2D eigenvalue weighted by Crippen LogP contribution is 2.26. The number of para-hydroxylation sites is 1. The summed E-state index contributed by atoms with van der Waals surface area (Å²) >= 11 is 6.44. The van der Waals surface area contributed by atoms with E-state index in [0.717, 1.165) is 42.0 Å². The predicted octanol–water partition coefficient (Wildman–Crippen LogP) is 5.71. The number of nitrogens with one attached hydrogen (secondary N) is 1. The van der Waals surface area contributed by atoms with E-state index in [0.29, 0.717) is 16.3 Å². The van der Waals surface area contributed by atoms with Crippen LogP contribution in [0.5, 0.6) is 0 Å². The van der Waals surface area contributed by atoms with Gasteiger partial charge in [-0.25, -0.2) is 8.42 Å². The van der Waals surface area contributed by atoms with E-state index < -0.39 is 28.5 Å². The maximum Gasteiger partial charge on any atom is 0.264 e. The van der Waals surface area contributed by atoms with Gasteiger partial charge in [0.2, 0.25) is 11.8 Å². The van der Waals surface area contributed by atoms with Crippen molar-refractivity contribution in [1.82, 2.24) is 10.2 Å². The van der Waals surface area contributed by atoms with Gasteiger partial charge in [-0.2, -0.15) is 0 Å². The zero-order valence-electron chi connectivity index (χ0n) is 22.9. The third-order valence-corrected chi connectivity index (χ3v) is 9.51. The molecule has 3 aromatic carbocycles. The van der Waals surface area contributed by atoms with Crippen molar-refractivity contribution in [2.75, 3.05) is 10.8 Å². The summed E-state index contributed by atoms with van der Waals surface area (Å²) in [6.07, 6.45) is 5.10. The van der Waals surface area contributed by atoms with E-state index in [1.54, 1.807) is 67.6 Å². The highest BCUT2D eigenvalue weighted by Gasteiger charge is 2.33. The van der Waals surface area contributed by atoms with E-state index in [4.69, 9.17) is 11.6 Å². The highest BCUT2D eigenvalue weighted by atomic mass is 35.5. The lowest BCUT2D eigenvalue weighted by molar-refractivity contribution is -0.139. The lowest BCUT2D eigenvalue weighted by atomic mass is 9.95. The molecule has 0 saturated heterocycles.